The number of ether oxygens (including phenoxy) is 1. The minimum atomic E-state index is -0.522. The summed E-state index contributed by atoms with van der Waals surface area (Å²) < 4.78 is 4.53. The van der Waals surface area contributed by atoms with E-state index in [4.69, 9.17) is 5.26 Å². The fourth-order valence-electron chi connectivity index (χ4n) is 1.17. The van der Waals surface area contributed by atoms with E-state index in [1.807, 2.05) is 6.07 Å². The van der Waals surface area contributed by atoms with Crippen molar-refractivity contribution in [2.75, 3.05) is 6.61 Å². The van der Waals surface area contributed by atoms with Crippen molar-refractivity contribution in [1.82, 2.24) is 0 Å². The summed E-state index contributed by atoms with van der Waals surface area (Å²) in [6.45, 7) is -0.266. The molecule has 1 aromatic carbocycles. The first-order chi connectivity index (χ1) is 7.74. The maximum Gasteiger partial charge on any atom is 0.307 e. The molecule has 0 aliphatic carbocycles. The Kier molecular flexibility index (Phi) is 4.74. The van der Waals surface area contributed by atoms with Gasteiger partial charge in [0, 0.05) is 12.0 Å². The first-order valence-corrected chi connectivity index (χ1v) is 4.85. The summed E-state index contributed by atoms with van der Waals surface area (Å²) in [6.07, 6.45) is 0.115. The normalized spacial score (nSPS) is 9.19. The third-order valence-corrected chi connectivity index (χ3v) is 1.95. The van der Waals surface area contributed by atoms with E-state index in [0.29, 0.717) is 5.56 Å². The molecule has 0 amide bonds. The average molecular weight is 217 g/mol. The molecule has 0 atom stereocenters. The number of Topliss-reactive ketones (excluding diaryl/α,β-unsaturated/α-hetero) is 1. The lowest BCUT2D eigenvalue weighted by atomic mass is 10.1. The van der Waals surface area contributed by atoms with Gasteiger partial charge in [-0.05, 0) is 0 Å². The van der Waals surface area contributed by atoms with Gasteiger partial charge in [0.2, 0.25) is 0 Å². The van der Waals surface area contributed by atoms with Gasteiger partial charge in [-0.1, -0.05) is 30.3 Å². The molecular formula is C12H11NO3. The van der Waals surface area contributed by atoms with Crippen LogP contribution in [0.1, 0.15) is 23.2 Å². The van der Waals surface area contributed by atoms with Crippen molar-refractivity contribution in [1.29, 1.82) is 5.26 Å². The van der Waals surface area contributed by atoms with Crippen LogP contribution in [0, 0.1) is 11.3 Å². The highest BCUT2D eigenvalue weighted by atomic mass is 16.5. The van der Waals surface area contributed by atoms with E-state index in [-0.39, 0.29) is 25.2 Å². The Balaban J connectivity index is 2.37. The summed E-state index contributed by atoms with van der Waals surface area (Å²) in [5, 5.41) is 8.18. The fourth-order valence-corrected chi connectivity index (χ4v) is 1.17. The predicted molar refractivity (Wildman–Crippen MR) is 56.6 cm³/mol. The summed E-state index contributed by atoms with van der Waals surface area (Å²) in [4.78, 5) is 22.6. The molecule has 0 aliphatic heterocycles. The molecule has 0 bridgehead atoms. The van der Waals surface area contributed by atoms with Crippen LogP contribution in [0.4, 0.5) is 0 Å². The van der Waals surface area contributed by atoms with E-state index in [0.717, 1.165) is 0 Å². The Morgan fingerprint density at radius 2 is 1.88 bits per heavy atom. The molecule has 1 rings (SSSR count). The van der Waals surface area contributed by atoms with Crippen LogP contribution in [0.2, 0.25) is 0 Å². The predicted octanol–water partition coefficient (Wildman–Crippen LogP) is 1.72. The zero-order valence-corrected chi connectivity index (χ0v) is 8.68. The standard InChI is InChI=1S/C12H11NO3/c13-8-9-16-12(15)7-6-11(14)10-4-2-1-3-5-10/h1-5H,6-7,9H2. The van der Waals surface area contributed by atoms with Crippen molar-refractivity contribution >= 4 is 11.8 Å². The molecule has 0 aromatic heterocycles. The number of nitrogens with zero attached hydrogens (tertiary/aromatic N) is 1. The lowest BCUT2D eigenvalue weighted by Crippen LogP contribution is -2.08. The molecule has 0 heterocycles. The van der Waals surface area contributed by atoms with Crippen LogP contribution in [-0.4, -0.2) is 18.4 Å². The van der Waals surface area contributed by atoms with Crippen LogP contribution in [0.3, 0.4) is 0 Å². The van der Waals surface area contributed by atoms with Crippen LogP contribution in [0.25, 0.3) is 0 Å². The van der Waals surface area contributed by atoms with E-state index < -0.39 is 5.97 Å². The van der Waals surface area contributed by atoms with Crippen LogP contribution < -0.4 is 0 Å². The molecule has 0 N–H and O–H groups in total. The molecule has 4 nitrogen and oxygen atoms in total. The molecule has 16 heavy (non-hydrogen) atoms. The second-order valence-corrected chi connectivity index (χ2v) is 3.11. The van der Waals surface area contributed by atoms with E-state index in [1.165, 1.54) is 0 Å². The molecule has 82 valence electrons. The number of esters is 1. The minimum absolute atomic E-state index is 0.00933. The first-order valence-electron chi connectivity index (χ1n) is 4.85. The van der Waals surface area contributed by atoms with Crippen molar-refractivity contribution in [2.45, 2.75) is 12.8 Å². The molecule has 0 aliphatic rings. The zero-order valence-electron chi connectivity index (χ0n) is 8.68. The summed E-state index contributed by atoms with van der Waals surface area (Å²) >= 11 is 0. The molecule has 0 fully saturated rings. The van der Waals surface area contributed by atoms with Gasteiger partial charge in [-0.2, -0.15) is 5.26 Å². The molecule has 4 heteroatoms. The molecule has 0 saturated carbocycles. The van der Waals surface area contributed by atoms with Crippen LogP contribution in [0.5, 0.6) is 0 Å². The topological polar surface area (TPSA) is 67.2 Å². The van der Waals surface area contributed by atoms with E-state index >= 15 is 0 Å². The molecular weight excluding hydrogens is 206 g/mol. The number of hydrogen-bond donors (Lipinski definition) is 0. The van der Waals surface area contributed by atoms with Gasteiger partial charge < -0.3 is 4.74 Å². The number of rotatable bonds is 5. The highest BCUT2D eigenvalue weighted by Gasteiger charge is 2.09. The molecule has 0 saturated heterocycles. The van der Waals surface area contributed by atoms with Gasteiger partial charge in [-0.25, -0.2) is 0 Å². The molecule has 0 radical (unpaired) electrons. The van der Waals surface area contributed by atoms with Gasteiger partial charge in [0.25, 0.3) is 0 Å². The lowest BCUT2D eigenvalue weighted by molar-refractivity contribution is -0.142. The number of carbonyl (C=O) groups is 2. The Hall–Kier alpha value is -2.15. The van der Waals surface area contributed by atoms with Crippen LogP contribution in [0.15, 0.2) is 30.3 Å². The third-order valence-electron chi connectivity index (χ3n) is 1.95. The summed E-state index contributed by atoms with van der Waals surface area (Å²) in [5.74, 6) is -0.625. The Morgan fingerprint density at radius 1 is 1.19 bits per heavy atom. The highest BCUT2D eigenvalue weighted by molar-refractivity contribution is 5.97. The smallest absolute Gasteiger partial charge is 0.307 e. The number of benzene rings is 1. The van der Waals surface area contributed by atoms with Crippen molar-refractivity contribution in [2.24, 2.45) is 0 Å². The van der Waals surface area contributed by atoms with Gasteiger partial charge in [-0.3, -0.25) is 9.59 Å². The monoisotopic (exact) mass is 217 g/mol. The largest absolute Gasteiger partial charge is 0.450 e. The first kappa shape index (κ1) is 11.9. The quantitative estimate of drug-likeness (QED) is 0.556. The van der Waals surface area contributed by atoms with Crippen molar-refractivity contribution in [3.63, 3.8) is 0 Å². The maximum absolute atomic E-state index is 11.6. The Bertz CT molecular complexity index is 406. The van der Waals surface area contributed by atoms with Crippen molar-refractivity contribution < 1.29 is 14.3 Å². The average Bonchev–Trinajstić information content (AvgIpc) is 2.34. The molecule has 0 spiro atoms. The highest BCUT2D eigenvalue weighted by Crippen LogP contribution is 2.05. The van der Waals surface area contributed by atoms with E-state index in [9.17, 15) is 9.59 Å². The van der Waals surface area contributed by atoms with E-state index in [1.54, 1.807) is 30.3 Å². The molecule has 1 aromatic rings. The lowest BCUT2D eigenvalue weighted by Gasteiger charge is -2.00. The second kappa shape index (κ2) is 6.36. The van der Waals surface area contributed by atoms with E-state index in [2.05, 4.69) is 4.74 Å². The zero-order chi connectivity index (χ0) is 11.8. The van der Waals surface area contributed by atoms with Gasteiger partial charge in [0.05, 0.1) is 6.42 Å². The second-order valence-electron chi connectivity index (χ2n) is 3.11. The van der Waals surface area contributed by atoms with Gasteiger partial charge in [0.15, 0.2) is 12.4 Å². The minimum Gasteiger partial charge on any atom is -0.450 e. The fraction of sp³-hybridized carbons (Fsp3) is 0.250. The Morgan fingerprint density at radius 3 is 2.50 bits per heavy atom. The summed E-state index contributed by atoms with van der Waals surface area (Å²) in [5.41, 5.74) is 0.579. The third kappa shape index (κ3) is 3.93. The Labute approximate surface area is 93.5 Å². The number of nitriles is 1. The SMILES string of the molecule is N#CCOC(=O)CCC(=O)c1ccccc1. The van der Waals surface area contributed by atoms with Gasteiger partial charge in [-0.15, -0.1) is 0 Å². The van der Waals surface area contributed by atoms with Gasteiger partial charge in [0.1, 0.15) is 6.07 Å². The molecule has 0 unspecified atom stereocenters. The van der Waals surface area contributed by atoms with Crippen molar-refractivity contribution in [3.05, 3.63) is 35.9 Å². The summed E-state index contributed by atoms with van der Waals surface area (Å²) in [7, 11) is 0. The van der Waals surface area contributed by atoms with Crippen molar-refractivity contribution in [3.8, 4) is 6.07 Å². The number of carbonyl (C=O) groups excluding carboxylic acids is 2. The van der Waals surface area contributed by atoms with Gasteiger partial charge >= 0.3 is 5.97 Å². The number of hydrogen-bond acceptors (Lipinski definition) is 4. The number of ketones is 1. The van der Waals surface area contributed by atoms with Crippen LogP contribution in [-0.2, 0) is 9.53 Å². The summed E-state index contributed by atoms with van der Waals surface area (Å²) in [6, 6.07) is 10.4. The maximum atomic E-state index is 11.6. The van der Waals surface area contributed by atoms with Crippen LogP contribution >= 0.6 is 0 Å².